The zero-order chi connectivity index (χ0) is 14.4. The molecule has 0 heterocycles. The first kappa shape index (κ1) is 14.6. The number of aryl methyl sites for hydroxylation is 1. The normalized spacial score (nSPS) is 12.2. The number of hydrogen-bond donors (Lipinski definition) is 1. The van der Waals surface area contributed by atoms with Crippen LogP contribution in [-0.2, 0) is 0 Å². The van der Waals surface area contributed by atoms with Crippen LogP contribution < -0.4 is 10.1 Å². The van der Waals surface area contributed by atoms with Crippen LogP contribution in [0.25, 0.3) is 0 Å². The van der Waals surface area contributed by atoms with Crippen molar-refractivity contribution in [2.75, 3.05) is 6.54 Å². The summed E-state index contributed by atoms with van der Waals surface area (Å²) in [6, 6.07) is 16.8. The molecule has 0 amide bonds. The first-order valence-electron chi connectivity index (χ1n) is 7.27. The molecule has 2 aromatic rings. The van der Waals surface area contributed by atoms with Gasteiger partial charge in [-0.1, -0.05) is 31.2 Å². The fraction of sp³-hybridized carbons (Fsp3) is 0.333. The van der Waals surface area contributed by atoms with Gasteiger partial charge >= 0.3 is 0 Å². The Morgan fingerprint density at radius 1 is 1.05 bits per heavy atom. The van der Waals surface area contributed by atoms with E-state index in [0.717, 1.165) is 24.5 Å². The van der Waals surface area contributed by atoms with Crippen LogP contribution >= 0.6 is 0 Å². The van der Waals surface area contributed by atoms with Crippen LogP contribution in [0.2, 0.25) is 0 Å². The first-order chi connectivity index (χ1) is 9.69. The van der Waals surface area contributed by atoms with Crippen molar-refractivity contribution >= 4 is 0 Å². The fourth-order valence-electron chi connectivity index (χ4n) is 2.12. The molecular weight excluding hydrogens is 246 g/mol. The van der Waals surface area contributed by atoms with Gasteiger partial charge in [0.05, 0.1) is 0 Å². The van der Waals surface area contributed by atoms with Gasteiger partial charge in [0.1, 0.15) is 11.5 Å². The minimum atomic E-state index is 0.378. The molecule has 1 unspecified atom stereocenters. The van der Waals surface area contributed by atoms with E-state index in [1.54, 1.807) is 0 Å². The fourth-order valence-corrected chi connectivity index (χ4v) is 2.12. The highest BCUT2D eigenvalue weighted by Crippen LogP contribution is 2.24. The van der Waals surface area contributed by atoms with E-state index in [-0.39, 0.29) is 0 Å². The van der Waals surface area contributed by atoms with E-state index >= 15 is 0 Å². The van der Waals surface area contributed by atoms with Crippen LogP contribution in [-0.4, -0.2) is 6.54 Å². The van der Waals surface area contributed by atoms with Crippen LogP contribution in [0.15, 0.2) is 48.5 Å². The van der Waals surface area contributed by atoms with E-state index < -0.39 is 0 Å². The van der Waals surface area contributed by atoms with E-state index in [1.165, 1.54) is 11.1 Å². The number of ether oxygens (including phenoxy) is 1. The molecule has 0 aliphatic heterocycles. The molecule has 0 fully saturated rings. The van der Waals surface area contributed by atoms with E-state index in [2.05, 4.69) is 44.3 Å². The third-order valence-corrected chi connectivity index (χ3v) is 3.31. The molecule has 1 atom stereocenters. The molecule has 0 aliphatic carbocycles. The third-order valence-electron chi connectivity index (χ3n) is 3.31. The van der Waals surface area contributed by atoms with Crippen LogP contribution in [0.1, 0.15) is 37.4 Å². The monoisotopic (exact) mass is 269 g/mol. The highest BCUT2D eigenvalue weighted by Gasteiger charge is 2.04. The lowest BCUT2D eigenvalue weighted by atomic mass is 10.1. The third kappa shape index (κ3) is 4.10. The Morgan fingerprint density at radius 2 is 1.80 bits per heavy atom. The molecule has 20 heavy (non-hydrogen) atoms. The summed E-state index contributed by atoms with van der Waals surface area (Å²) < 4.78 is 5.85. The van der Waals surface area contributed by atoms with Crippen LogP contribution in [0, 0.1) is 6.92 Å². The second-order valence-electron chi connectivity index (χ2n) is 5.16. The molecule has 0 spiro atoms. The number of benzene rings is 2. The van der Waals surface area contributed by atoms with Crippen LogP contribution in [0.5, 0.6) is 11.5 Å². The Balaban J connectivity index is 2.01. The van der Waals surface area contributed by atoms with Gasteiger partial charge < -0.3 is 10.1 Å². The van der Waals surface area contributed by atoms with Gasteiger partial charge in [0, 0.05) is 6.04 Å². The molecule has 0 saturated carbocycles. The van der Waals surface area contributed by atoms with Crippen molar-refractivity contribution < 1.29 is 4.74 Å². The molecule has 0 bridgehead atoms. The number of hydrogen-bond acceptors (Lipinski definition) is 2. The largest absolute Gasteiger partial charge is 0.457 e. The summed E-state index contributed by atoms with van der Waals surface area (Å²) >= 11 is 0. The Bertz CT molecular complexity index is 533. The molecule has 1 N–H and O–H groups in total. The SMILES string of the molecule is CCCNC(C)c1ccc(Oc2cccc(C)c2)cc1. The van der Waals surface area contributed by atoms with Crippen molar-refractivity contribution in [2.24, 2.45) is 0 Å². The predicted molar refractivity (Wildman–Crippen MR) is 84.4 cm³/mol. The van der Waals surface area contributed by atoms with E-state index in [9.17, 15) is 0 Å². The van der Waals surface area contributed by atoms with Crippen molar-refractivity contribution in [2.45, 2.75) is 33.2 Å². The lowest BCUT2D eigenvalue weighted by Crippen LogP contribution is -2.19. The maximum atomic E-state index is 5.85. The molecule has 0 aromatic heterocycles. The Kier molecular flexibility index (Phi) is 5.19. The van der Waals surface area contributed by atoms with Gasteiger partial charge in [-0.2, -0.15) is 0 Å². The van der Waals surface area contributed by atoms with Crippen molar-refractivity contribution in [1.29, 1.82) is 0 Å². The maximum absolute atomic E-state index is 5.85. The van der Waals surface area contributed by atoms with E-state index in [0.29, 0.717) is 6.04 Å². The average molecular weight is 269 g/mol. The quantitative estimate of drug-likeness (QED) is 0.809. The topological polar surface area (TPSA) is 21.3 Å². The van der Waals surface area contributed by atoms with Gasteiger partial charge in [0.15, 0.2) is 0 Å². The standard InChI is InChI=1S/C18H23NO/c1-4-12-19-15(3)16-8-10-17(11-9-16)20-18-7-5-6-14(2)13-18/h5-11,13,15,19H,4,12H2,1-3H3. The van der Waals surface area contributed by atoms with Crippen molar-refractivity contribution in [3.05, 3.63) is 59.7 Å². The van der Waals surface area contributed by atoms with E-state index in [1.807, 2.05) is 30.3 Å². The zero-order valence-electron chi connectivity index (χ0n) is 12.5. The summed E-state index contributed by atoms with van der Waals surface area (Å²) in [5, 5.41) is 3.48. The zero-order valence-corrected chi connectivity index (χ0v) is 12.5. The minimum absolute atomic E-state index is 0.378. The van der Waals surface area contributed by atoms with Crippen molar-refractivity contribution in [1.82, 2.24) is 5.32 Å². The van der Waals surface area contributed by atoms with Crippen LogP contribution in [0.4, 0.5) is 0 Å². The summed E-state index contributed by atoms with van der Waals surface area (Å²) in [7, 11) is 0. The molecule has 0 saturated heterocycles. The van der Waals surface area contributed by atoms with Crippen molar-refractivity contribution in [3.63, 3.8) is 0 Å². The second-order valence-corrected chi connectivity index (χ2v) is 5.16. The molecule has 106 valence electrons. The molecule has 2 aromatic carbocycles. The van der Waals surface area contributed by atoms with Gasteiger partial charge in [-0.15, -0.1) is 0 Å². The summed E-state index contributed by atoms with van der Waals surface area (Å²) in [6.45, 7) is 7.48. The molecule has 2 nitrogen and oxygen atoms in total. The van der Waals surface area contributed by atoms with Gasteiger partial charge in [0.2, 0.25) is 0 Å². The van der Waals surface area contributed by atoms with E-state index in [4.69, 9.17) is 4.74 Å². The van der Waals surface area contributed by atoms with Gasteiger partial charge in [-0.3, -0.25) is 0 Å². The summed E-state index contributed by atoms with van der Waals surface area (Å²) in [6.07, 6.45) is 1.15. The van der Waals surface area contributed by atoms with Gasteiger partial charge in [0.25, 0.3) is 0 Å². The minimum Gasteiger partial charge on any atom is -0.457 e. The highest BCUT2D eigenvalue weighted by molar-refractivity contribution is 5.35. The van der Waals surface area contributed by atoms with Gasteiger partial charge in [-0.25, -0.2) is 0 Å². The summed E-state index contributed by atoms with van der Waals surface area (Å²) in [5.74, 6) is 1.76. The Morgan fingerprint density at radius 3 is 2.45 bits per heavy atom. The molecular formula is C18H23NO. The first-order valence-corrected chi connectivity index (χ1v) is 7.27. The lowest BCUT2D eigenvalue weighted by Gasteiger charge is -2.14. The highest BCUT2D eigenvalue weighted by atomic mass is 16.5. The summed E-state index contributed by atoms with van der Waals surface area (Å²) in [5.41, 5.74) is 2.49. The Labute approximate surface area is 121 Å². The Hall–Kier alpha value is -1.80. The maximum Gasteiger partial charge on any atom is 0.127 e. The summed E-state index contributed by atoms with van der Waals surface area (Å²) in [4.78, 5) is 0. The molecule has 2 rings (SSSR count). The van der Waals surface area contributed by atoms with Gasteiger partial charge in [-0.05, 0) is 62.2 Å². The second kappa shape index (κ2) is 7.11. The lowest BCUT2D eigenvalue weighted by molar-refractivity contribution is 0.481. The number of nitrogens with one attached hydrogen (secondary N) is 1. The number of rotatable bonds is 6. The average Bonchev–Trinajstić information content (AvgIpc) is 2.45. The molecule has 0 radical (unpaired) electrons. The molecule has 2 heteroatoms. The predicted octanol–water partition coefficient (Wildman–Crippen LogP) is 4.85. The van der Waals surface area contributed by atoms with Crippen LogP contribution in [0.3, 0.4) is 0 Å². The molecule has 0 aliphatic rings. The smallest absolute Gasteiger partial charge is 0.127 e. The van der Waals surface area contributed by atoms with Crippen molar-refractivity contribution in [3.8, 4) is 11.5 Å².